The van der Waals surface area contributed by atoms with E-state index in [0.717, 1.165) is 36.8 Å². The minimum atomic E-state index is -0.352. The molecule has 0 spiro atoms. The molecule has 0 bridgehead atoms. The van der Waals surface area contributed by atoms with Gasteiger partial charge < -0.3 is 4.74 Å². The fourth-order valence-electron chi connectivity index (χ4n) is 2.47. The van der Waals surface area contributed by atoms with E-state index < -0.39 is 0 Å². The van der Waals surface area contributed by atoms with Gasteiger partial charge in [-0.1, -0.05) is 86.8 Å². The van der Waals surface area contributed by atoms with E-state index in [1.807, 2.05) is 60.7 Å². The Bertz CT molecular complexity index is 509. The SMILES string of the molecule is [CH2]CCCCCOC(=O)C(c1ccccc1)c1ccccc1. The van der Waals surface area contributed by atoms with E-state index in [1.54, 1.807) is 0 Å². The molecule has 0 fully saturated rings. The highest BCUT2D eigenvalue weighted by molar-refractivity contribution is 5.82. The number of rotatable bonds is 8. The Hall–Kier alpha value is -2.09. The van der Waals surface area contributed by atoms with Crippen molar-refractivity contribution in [2.45, 2.75) is 31.6 Å². The van der Waals surface area contributed by atoms with Crippen molar-refractivity contribution in [3.63, 3.8) is 0 Å². The summed E-state index contributed by atoms with van der Waals surface area (Å²) in [4.78, 5) is 12.5. The average Bonchev–Trinajstić information content (AvgIpc) is 2.57. The molecule has 0 heterocycles. The van der Waals surface area contributed by atoms with Gasteiger partial charge in [0.15, 0.2) is 0 Å². The van der Waals surface area contributed by atoms with Crippen LogP contribution in [0.15, 0.2) is 60.7 Å². The van der Waals surface area contributed by atoms with E-state index in [0.29, 0.717) is 6.61 Å². The third-order valence-electron chi connectivity index (χ3n) is 3.64. The van der Waals surface area contributed by atoms with E-state index in [-0.39, 0.29) is 11.9 Å². The Kier molecular flexibility index (Phi) is 6.69. The molecule has 0 aliphatic rings. The van der Waals surface area contributed by atoms with Crippen molar-refractivity contribution < 1.29 is 9.53 Å². The van der Waals surface area contributed by atoms with Crippen molar-refractivity contribution in [1.82, 2.24) is 0 Å². The zero-order chi connectivity index (χ0) is 15.6. The Morgan fingerprint density at radius 2 is 1.41 bits per heavy atom. The molecule has 0 unspecified atom stereocenters. The number of esters is 1. The van der Waals surface area contributed by atoms with Gasteiger partial charge in [-0.2, -0.15) is 0 Å². The van der Waals surface area contributed by atoms with Crippen LogP contribution in [-0.2, 0) is 9.53 Å². The number of benzene rings is 2. The zero-order valence-corrected chi connectivity index (χ0v) is 12.9. The number of carbonyl (C=O) groups is 1. The van der Waals surface area contributed by atoms with Crippen LogP contribution in [0.4, 0.5) is 0 Å². The van der Waals surface area contributed by atoms with Gasteiger partial charge in [-0.25, -0.2) is 0 Å². The second kappa shape index (κ2) is 9.04. The van der Waals surface area contributed by atoms with Crippen LogP contribution < -0.4 is 0 Å². The van der Waals surface area contributed by atoms with Crippen LogP contribution in [-0.4, -0.2) is 12.6 Å². The Morgan fingerprint density at radius 1 is 0.864 bits per heavy atom. The summed E-state index contributed by atoms with van der Waals surface area (Å²) in [7, 11) is 0. The largest absolute Gasteiger partial charge is 0.465 e. The fraction of sp³-hybridized carbons (Fsp3) is 0.300. The van der Waals surface area contributed by atoms with E-state index in [9.17, 15) is 4.79 Å². The average molecular weight is 295 g/mol. The van der Waals surface area contributed by atoms with Gasteiger partial charge >= 0.3 is 5.97 Å². The van der Waals surface area contributed by atoms with Crippen LogP contribution in [0.2, 0.25) is 0 Å². The second-order valence-corrected chi connectivity index (χ2v) is 5.34. The van der Waals surface area contributed by atoms with Gasteiger partial charge in [-0.3, -0.25) is 4.79 Å². The van der Waals surface area contributed by atoms with Crippen LogP contribution in [0.3, 0.4) is 0 Å². The summed E-state index contributed by atoms with van der Waals surface area (Å²) in [6.45, 7) is 4.30. The molecule has 2 nitrogen and oxygen atoms in total. The highest BCUT2D eigenvalue weighted by Crippen LogP contribution is 2.26. The lowest BCUT2D eigenvalue weighted by Gasteiger charge is -2.17. The van der Waals surface area contributed by atoms with Gasteiger partial charge in [0.2, 0.25) is 0 Å². The van der Waals surface area contributed by atoms with Crippen LogP contribution in [0, 0.1) is 6.92 Å². The third-order valence-corrected chi connectivity index (χ3v) is 3.64. The highest BCUT2D eigenvalue weighted by atomic mass is 16.5. The first-order valence-electron chi connectivity index (χ1n) is 7.88. The molecule has 115 valence electrons. The normalized spacial score (nSPS) is 10.6. The molecule has 2 aromatic carbocycles. The lowest BCUT2D eigenvalue weighted by atomic mass is 9.91. The van der Waals surface area contributed by atoms with E-state index in [1.165, 1.54) is 0 Å². The van der Waals surface area contributed by atoms with Gasteiger partial charge in [0.1, 0.15) is 5.92 Å². The summed E-state index contributed by atoms with van der Waals surface area (Å²) in [5.74, 6) is -0.526. The molecular formula is C20H23O2. The van der Waals surface area contributed by atoms with Gasteiger partial charge in [0.25, 0.3) is 0 Å². The number of carbonyl (C=O) groups excluding carboxylic acids is 1. The van der Waals surface area contributed by atoms with Crippen molar-refractivity contribution in [1.29, 1.82) is 0 Å². The molecule has 0 aliphatic carbocycles. The van der Waals surface area contributed by atoms with Crippen molar-refractivity contribution >= 4 is 5.97 Å². The monoisotopic (exact) mass is 295 g/mol. The van der Waals surface area contributed by atoms with Crippen molar-refractivity contribution in [3.8, 4) is 0 Å². The predicted octanol–water partition coefficient (Wildman–Crippen LogP) is 4.76. The van der Waals surface area contributed by atoms with Crippen LogP contribution in [0.1, 0.15) is 42.7 Å². The van der Waals surface area contributed by atoms with Gasteiger partial charge in [0, 0.05) is 0 Å². The molecule has 2 aromatic rings. The summed E-state index contributed by atoms with van der Waals surface area (Å²) in [5.41, 5.74) is 1.94. The van der Waals surface area contributed by atoms with E-state index in [2.05, 4.69) is 6.92 Å². The number of hydrogen-bond donors (Lipinski definition) is 0. The molecule has 1 radical (unpaired) electrons. The Morgan fingerprint density at radius 3 is 1.91 bits per heavy atom. The smallest absolute Gasteiger partial charge is 0.317 e. The molecule has 0 aliphatic heterocycles. The third kappa shape index (κ3) is 4.73. The maximum absolute atomic E-state index is 12.5. The standard InChI is InChI=1S/C20H23O2/c1-2-3-4-11-16-22-20(21)19(17-12-7-5-8-13-17)18-14-9-6-10-15-18/h5-10,12-15,19H,1-4,11,16H2. The van der Waals surface area contributed by atoms with Crippen LogP contribution >= 0.6 is 0 Å². The minimum Gasteiger partial charge on any atom is -0.465 e. The quantitative estimate of drug-likeness (QED) is 0.518. The minimum absolute atomic E-state index is 0.174. The van der Waals surface area contributed by atoms with Gasteiger partial charge in [0.05, 0.1) is 6.61 Å². The topological polar surface area (TPSA) is 26.3 Å². The van der Waals surface area contributed by atoms with Gasteiger partial charge in [-0.05, 0) is 17.5 Å². The van der Waals surface area contributed by atoms with E-state index in [4.69, 9.17) is 4.74 Å². The highest BCUT2D eigenvalue weighted by Gasteiger charge is 2.23. The fourth-order valence-corrected chi connectivity index (χ4v) is 2.47. The molecule has 22 heavy (non-hydrogen) atoms. The van der Waals surface area contributed by atoms with Crippen LogP contribution in [0.5, 0.6) is 0 Å². The summed E-state index contributed by atoms with van der Waals surface area (Å²) >= 11 is 0. The number of ether oxygens (including phenoxy) is 1. The second-order valence-electron chi connectivity index (χ2n) is 5.34. The number of unbranched alkanes of at least 4 members (excludes halogenated alkanes) is 3. The maximum atomic E-state index is 12.5. The molecular weight excluding hydrogens is 272 g/mol. The Balaban J connectivity index is 2.07. The van der Waals surface area contributed by atoms with Crippen molar-refractivity contribution in [2.75, 3.05) is 6.61 Å². The summed E-state index contributed by atoms with van der Waals surface area (Å²) in [6, 6.07) is 19.6. The first-order chi connectivity index (χ1) is 10.8. The molecule has 2 heteroatoms. The zero-order valence-electron chi connectivity index (χ0n) is 12.9. The molecule has 0 amide bonds. The van der Waals surface area contributed by atoms with Crippen molar-refractivity contribution in [2.24, 2.45) is 0 Å². The molecule has 0 aromatic heterocycles. The summed E-state index contributed by atoms with van der Waals surface area (Å²) < 4.78 is 5.50. The first-order valence-corrected chi connectivity index (χ1v) is 7.88. The molecule has 0 saturated heterocycles. The first kappa shape index (κ1) is 16.3. The lowest BCUT2D eigenvalue weighted by molar-refractivity contribution is -0.144. The van der Waals surface area contributed by atoms with Crippen molar-refractivity contribution in [3.05, 3.63) is 78.7 Å². The molecule has 2 rings (SSSR count). The predicted molar refractivity (Wildman–Crippen MR) is 89.5 cm³/mol. The summed E-state index contributed by atoms with van der Waals surface area (Å²) in [6.07, 6.45) is 3.97. The maximum Gasteiger partial charge on any atom is 0.317 e. The van der Waals surface area contributed by atoms with Gasteiger partial charge in [-0.15, -0.1) is 0 Å². The summed E-state index contributed by atoms with van der Waals surface area (Å²) in [5, 5.41) is 0. The van der Waals surface area contributed by atoms with Crippen LogP contribution in [0.25, 0.3) is 0 Å². The number of hydrogen-bond acceptors (Lipinski definition) is 2. The lowest BCUT2D eigenvalue weighted by Crippen LogP contribution is -2.18. The Labute approximate surface area is 133 Å². The molecule has 0 atom stereocenters. The van der Waals surface area contributed by atoms with E-state index >= 15 is 0 Å². The molecule has 0 N–H and O–H groups in total. The molecule has 0 saturated carbocycles.